The molecule has 0 amide bonds. The number of anilines is 3. The van der Waals surface area contributed by atoms with E-state index in [9.17, 15) is 0 Å². The summed E-state index contributed by atoms with van der Waals surface area (Å²) >= 11 is 0. The van der Waals surface area contributed by atoms with Crippen LogP contribution in [0.1, 0.15) is 17.0 Å². The van der Waals surface area contributed by atoms with E-state index in [1.54, 1.807) is 0 Å². The van der Waals surface area contributed by atoms with Crippen LogP contribution in [0.15, 0.2) is 60.7 Å². The van der Waals surface area contributed by atoms with Crippen molar-refractivity contribution in [1.29, 1.82) is 0 Å². The quantitative estimate of drug-likeness (QED) is 0.691. The van der Waals surface area contributed by atoms with Gasteiger partial charge in [0, 0.05) is 44.5 Å². The third kappa shape index (κ3) is 5.05. The van der Waals surface area contributed by atoms with Gasteiger partial charge in [0.05, 0.1) is 0 Å². The lowest BCUT2D eigenvalue weighted by Crippen LogP contribution is -2.47. The SMILES string of the molecule is Cc1cccc(N2CCN(c3cc(NCCc4ccccc4)nc(C)n3)CC2)c1. The normalized spacial score (nSPS) is 14.1. The van der Waals surface area contributed by atoms with E-state index >= 15 is 0 Å². The average molecular weight is 388 g/mol. The molecular weight excluding hydrogens is 358 g/mol. The summed E-state index contributed by atoms with van der Waals surface area (Å²) in [7, 11) is 0. The standard InChI is InChI=1S/C24H29N5/c1-19-7-6-10-22(17-19)28-13-15-29(16-14-28)24-18-23(26-20(2)27-24)25-12-11-21-8-4-3-5-9-21/h3-10,17-18H,11-16H2,1-2H3,(H,25,26,27). The van der Waals surface area contributed by atoms with Crippen LogP contribution in [0.25, 0.3) is 0 Å². The van der Waals surface area contributed by atoms with Crippen molar-refractivity contribution in [3.05, 3.63) is 77.6 Å². The van der Waals surface area contributed by atoms with E-state index in [-0.39, 0.29) is 0 Å². The Kier molecular flexibility index (Phi) is 5.94. The minimum Gasteiger partial charge on any atom is -0.370 e. The number of hydrogen-bond acceptors (Lipinski definition) is 5. The van der Waals surface area contributed by atoms with Crippen LogP contribution >= 0.6 is 0 Å². The summed E-state index contributed by atoms with van der Waals surface area (Å²) in [6.07, 6.45) is 0.981. The third-order valence-corrected chi connectivity index (χ3v) is 5.36. The number of hydrogen-bond donors (Lipinski definition) is 1. The molecule has 2 aromatic carbocycles. The Morgan fingerprint density at radius 1 is 0.828 bits per heavy atom. The van der Waals surface area contributed by atoms with E-state index in [1.807, 2.05) is 6.92 Å². The van der Waals surface area contributed by atoms with Crippen LogP contribution in [0.5, 0.6) is 0 Å². The summed E-state index contributed by atoms with van der Waals surface area (Å²) in [6, 6.07) is 21.4. The smallest absolute Gasteiger partial charge is 0.134 e. The summed E-state index contributed by atoms with van der Waals surface area (Å²) in [5.74, 6) is 2.74. The van der Waals surface area contributed by atoms with Gasteiger partial charge in [-0.05, 0) is 43.5 Å². The minimum absolute atomic E-state index is 0.811. The van der Waals surface area contributed by atoms with E-state index in [4.69, 9.17) is 4.98 Å². The van der Waals surface area contributed by atoms with E-state index in [0.29, 0.717) is 0 Å². The Morgan fingerprint density at radius 3 is 2.34 bits per heavy atom. The maximum Gasteiger partial charge on any atom is 0.134 e. The van der Waals surface area contributed by atoms with Gasteiger partial charge >= 0.3 is 0 Å². The number of nitrogens with zero attached hydrogens (tertiary/aromatic N) is 4. The van der Waals surface area contributed by atoms with E-state index in [1.165, 1.54) is 16.8 Å². The monoisotopic (exact) mass is 387 g/mol. The van der Waals surface area contributed by atoms with Crippen molar-refractivity contribution in [2.24, 2.45) is 0 Å². The maximum atomic E-state index is 4.69. The summed E-state index contributed by atoms with van der Waals surface area (Å²) < 4.78 is 0. The Morgan fingerprint density at radius 2 is 1.59 bits per heavy atom. The first-order valence-electron chi connectivity index (χ1n) is 10.4. The lowest BCUT2D eigenvalue weighted by atomic mass is 10.1. The molecule has 3 aromatic rings. The van der Waals surface area contributed by atoms with Gasteiger partial charge in [-0.2, -0.15) is 0 Å². The zero-order chi connectivity index (χ0) is 20.1. The summed E-state index contributed by atoms with van der Waals surface area (Å²) in [5.41, 5.74) is 3.95. The molecule has 0 bridgehead atoms. The summed E-state index contributed by atoms with van der Waals surface area (Å²) in [5, 5.41) is 3.47. The third-order valence-electron chi connectivity index (χ3n) is 5.36. The van der Waals surface area contributed by atoms with Crippen LogP contribution in [-0.4, -0.2) is 42.7 Å². The molecule has 1 aromatic heterocycles. The van der Waals surface area contributed by atoms with Gasteiger partial charge < -0.3 is 15.1 Å². The van der Waals surface area contributed by atoms with Crippen LogP contribution in [0.4, 0.5) is 17.3 Å². The Labute approximate surface area is 173 Å². The van der Waals surface area contributed by atoms with Gasteiger partial charge in [-0.25, -0.2) is 9.97 Å². The maximum absolute atomic E-state index is 4.69. The van der Waals surface area contributed by atoms with Crippen LogP contribution in [0.2, 0.25) is 0 Å². The van der Waals surface area contributed by atoms with Crippen LogP contribution in [-0.2, 0) is 6.42 Å². The minimum atomic E-state index is 0.811. The molecule has 0 aliphatic carbocycles. The molecular formula is C24H29N5. The fraction of sp³-hybridized carbons (Fsp3) is 0.333. The van der Waals surface area contributed by atoms with Crippen molar-refractivity contribution in [2.45, 2.75) is 20.3 Å². The zero-order valence-corrected chi connectivity index (χ0v) is 17.3. The first-order valence-corrected chi connectivity index (χ1v) is 10.4. The van der Waals surface area contributed by atoms with Gasteiger partial charge in [-0.1, -0.05) is 42.5 Å². The molecule has 2 heterocycles. The first-order chi connectivity index (χ1) is 14.2. The predicted molar refractivity (Wildman–Crippen MR) is 121 cm³/mol. The highest BCUT2D eigenvalue weighted by atomic mass is 15.3. The molecule has 4 rings (SSSR count). The molecule has 0 atom stereocenters. The van der Waals surface area contributed by atoms with Crippen LogP contribution < -0.4 is 15.1 Å². The van der Waals surface area contributed by atoms with Gasteiger partial charge in [-0.15, -0.1) is 0 Å². The molecule has 1 aliphatic heterocycles. The molecule has 5 nitrogen and oxygen atoms in total. The topological polar surface area (TPSA) is 44.3 Å². The molecule has 1 saturated heterocycles. The van der Waals surface area contributed by atoms with Crippen molar-refractivity contribution >= 4 is 17.3 Å². The molecule has 29 heavy (non-hydrogen) atoms. The molecule has 150 valence electrons. The molecule has 0 radical (unpaired) electrons. The van der Waals surface area contributed by atoms with Crippen molar-refractivity contribution < 1.29 is 0 Å². The fourth-order valence-corrected chi connectivity index (χ4v) is 3.80. The molecule has 0 unspecified atom stereocenters. The fourth-order valence-electron chi connectivity index (χ4n) is 3.80. The molecule has 0 saturated carbocycles. The highest BCUT2D eigenvalue weighted by Gasteiger charge is 2.19. The number of aryl methyl sites for hydroxylation is 2. The summed E-state index contributed by atoms with van der Waals surface area (Å²) in [4.78, 5) is 14.1. The van der Waals surface area contributed by atoms with Gasteiger partial charge in [0.2, 0.25) is 0 Å². The van der Waals surface area contributed by atoms with Gasteiger partial charge in [0.15, 0.2) is 0 Å². The number of aromatic nitrogens is 2. The number of piperazine rings is 1. The molecule has 0 spiro atoms. The Bertz CT molecular complexity index is 933. The number of rotatable bonds is 6. The van der Waals surface area contributed by atoms with Crippen molar-refractivity contribution in [3.63, 3.8) is 0 Å². The molecule has 1 N–H and O–H groups in total. The average Bonchev–Trinajstić information content (AvgIpc) is 2.74. The number of nitrogens with one attached hydrogen (secondary N) is 1. The predicted octanol–water partition coefficient (Wildman–Crippen LogP) is 4.07. The van der Waals surface area contributed by atoms with Crippen molar-refractivity contribution in [1.82, 2.24) is 9.97 Å². The number of benzene rings is 2. The molecule has 5 heteroatoms. The molecule has 1 fully saturated rings. The highest BCUT2D eigenvalue weighted by molar-refractivity contribution is 5.53. The first kappa shape index (κ1) is 19.2. The van der Waals surface area contributed by atoms with Gasteiger partial charge in [0.25, 0.3) is 0 Å². The Hall–Kier alpha value is -3.08. The highest BCUT2D eigenvalue weighted by Crippen LogP contribution is 2.22. The van der Waals surface area contributed by atoms with E-state index in [0.717, 1.165) is 56.6 Å². The van der Waals surface area contributed by atoms with Crippen molar-refractivity contribution in [2.75, 3.05) is 47.8 Å². The van der Waals surface area contributed by atoms with Crippen molar-refractivity contribution in [3.8, 4) is 0 Å². The second-order valence-electron chi connectivity index (χ2n) is 7.63. The van der Waals surface area contributed by atoms with Gasteiger partial charge in [0.1, 0.15) is 17.5 Å². The second-order valence-corrected chi connectivity index (χ2v) is 7.63. The van der Waals surface area contributed by atoms with E-state index < -0.39 is 0 Å². The van der Waals surface area contributed by atoms with E-state index in [2.05, 4.69) is 87.7 Å². The van der Waals surface area contributed by atoms with Crippen LogP contribution in [0, 0.1) is 13.8 Å². The lowest BCUT2D eigenvalue weighted by molar-refractivity contribution is 0.645. The second kappa shape index (κ2) is 8.95. The van der Waals surface area contributed by atoms with Crippen LogP contribution in [0.3, 0.4) is 0 Å². The zero-order valence-electron chi connectivity index (χ0n) is 17.3. The lowest BCUT2D eigenvalue weighted by Gasteiger charge is -2.37. The largest absolute Gasteiger partial charge is 0.370 e. The Balaban J connectivity index is 1.36. The molecule has 1 aliphatic rings. The summed E-state index contributed by atoms with van der Waals surface area (Å²) in [6.45, 7) is 8.92. The van der Waals surface area contributed by atoms with Gasteiger partial charge in [-0.3, -0.25) is 0 Å².